The first-order valence-corrected chi connectivity index (χ1v) is 7.84. The Kier molecular flexibility index (Phi) is 3.84. The van der Waals surface area contributed by atoms with E-state index in [9.17, 15) is 14.7 Å². The smallest absolute Gasteiger partial charge is 0.229 e. The summed E-state index contributed by atoms with van der Waals surface area (Å²) in [6, 6.07) is 7.47. The Hall–Kier alpha value is -2.36. The van der Waals surface area contributed by atoms with Crippen LogP contribution >= 0.6 is 0 Å². The second kappa shape index (κ2) is 5.69. The molecule has 0 saturated heterocycles. The van der Waals surface area contributed by atoms with Gasteiger partial charge in [0.25, 0.3) is 0 Å². The number of fused-ring (bicyclic) bond motifs is 2. The highest BCUT2D eigenvalue weighted by molar-refractivity contribution is 5.97. The fourth-order valence-electron chi connectivity index (χ4n) is 3.89. The number of hydrogen-bond donors (Lipinski definition) is 1. The van der Waals surface area contributed by atoms with Gasteiger partial charge >= 0.3 is 0 Å². The van der Waals surface area contributed by atoms with Gasteiger partial charge in [0.15, 0.2) is 0 Å². The van der Waals surface area contributed by atoms with Crippen molar-refractivity contribution in [2.75, 3.05) is 5.32 Å². The Labute approximate surface area is 135 Å². The fraction of sp³-hybridized carbons (Fsp3) is 0.368. The zero-order valence-corrected chi connectivity index (χ0v) is 13.5. The largest absolute Gasteiger partial charge is 0.550 e. The number of carboxylic acids is 1. The first kappa shape index (κ1) is 15.5. The molecular weight excluding hydrogens is 290 g/mol. The van der Waals surface area contributed by atoms with Gasteiger partial charge in [0, 0.05) is 29.4 Å². The summed E-state index contributed by atoms with van der Waals surface area (Å²) in [5.41, 5.74) is 3.93. The van der Waals surface area contributed by atoms with Crippen LogP contribution in [0, 0.1) is 30.6 Å². The number of aliphatic carboxylic acids is 1. The number of carbonyl (C=O) groups excluding carboxylic acids is 2. The molecule has 0 spiro atoms. The molecule has 3 rings (SSSR count). The number of rotatable bonds is 3. The monoisotopic (exact) mass is 310 g/mol. The van der Waals surface area contributed by atoms with Crippen LogP contribution in [0.25, 0.3) is 0 Å². The van der Waals surface area contributed by atoms with Crippen molar-refractivity contribution in [1.82, 2.24) is 0 Å². The van der Waals surface area contributed by atoms with E-state index in [-0.39, 0.29) is 17.7 Å². The minimum Gasteiger partial charge on any atom is -0.550 e. The van der Waals surface area contributed by atoms with Gasteiger partial charge in [-0.3, -0.25) is 4.79 Å². The summed E-state index contributed by atoms with van der Waals surface area (Å²) in [7, 11) is 0. The maximum absolute atomic E-state index is 12.7. The number of benzene rings is 1. The van der Waals surface area contributed by atoms with Crippen LogP contribution in [0.4, 0.5) is 5.69 Å². The van der Waals surface area contributed by atoms with Crippen molar-refractivity contribution in [3.8, 4) is 0 Å². The maximum atomic E-state index is 12.7. The molecule has 4 atom stereocenters. The van der Waals surface area contributed by atoms with E-state index in [2.05, 4.69) is 5.32 Å². The molecule has 0 heterocycles. The van der Waals surface area contributed by atoms with Crippen molar-refractivity contribution in [3.05, 3.63) is 53.1 Å². The summed E-state index contributed by atoms with van der Waals surface area (Å²) in [4.78, 5) is 24.3. The van der Waals surface area contributed by atoms with E-state index >= 15 is 0 Å². The second-order valence-electron chi connectivity index (χ2n) is 6.62. The molecule has 120 valence electrons. The third-order valence-corrected chi connectivity index (χ3v) is 4.88. The number of amides is 1. The van der Waals surface area contributed by atoms with E-state index in [1.165, 1.54) is 0 Å². The molecule has 1 saturated carbocycles. The molecule has 1 aromatic carbocycles. The molecule has 1 aromatic rings. The summed E-state index contributed by atoms with van der Waals surface area (Å²) in [6.45, 7) is 5.91. The third kappa shape index (κ3) is 2.58. The second-order valence-corrected chi connectivity index (χ2v) is 6.62. The van der Waals surface area contributed by atoms with E-state index in [1.54, 1.807) is 0 Å². The number of carbonyl (C=O) groups is 2. The van der Waals surface area contributed by atoms with Crippen molar-refractivity contribution in [2.45, 2.75) is 20.8 Å². The van der Waals surface area contributed by atoms with Gasteiger partial charge in [-0.15, -0.1) is 0 Å². The molecule has 0 radical (unpaired) electrons. The van der Waals surface area contributed by atoms with Crippen LogP contribution in [0.15, 0.2) is 47.6 Å². The maximum Gasteiger partial charge on any atom is 0.229 e. The summed E-state index contributed by atoms with van der Waals surface area (Å²) in [6.07, 6.45) is 3.87. The molecule has 23 heavy (non-hydrogen) atoms. The lowest BCUT2D eigenvalue weighted by Gasteiger charge is -2.27. The van der Waals surface area contributed by atoms with E-state index in [0.29, 0.717) is 5.69 Å². The van der Waals surface area contributed by atoms with E-state index < -0.39 is 17.8 Å². The van der Waals surface area contributed by atoms with Crippen LogP contribution < -0.4 is 10.4 Å². The van der Waals surface area contributed by atoms with Crippen molar-refractivity contribution in [1.29, 1.82) is 0 Å². The zero-order valence-electron chi connectivity index (χ0n) is 13.5. The van der Waals surface area contributed by atoms with Crippen LogP contribution in [0.2, 0.25) is 0 Å². The topological polar surface area (TPSA) is 69.2 Å². The SMILES string of the molecule is CC(C)=C1[C@H]2C=C[C@H]1[C@@H](C(=O)Nc1ccc(C)cc1)[C@H]2C(=O)[O-]. The molecule has 1 amide bonds. The minimum absolute atomic E-state index is 0.140. The highest BCUT2D eigenvalue weighted by Crippen LogP contribution is 2.53. The van der Waals surface area contributed by atoms with Crippen molar-refractivity contribution >= 4 is 17.6 Å². The van der Waals surface area contributed by atoms with Crippen LogP contribution in [0.1, 0.15) is 19.4 Å². The Balaban J connectivity index is 1.89. The van der Waals surface area contributed by atoms with Gasteiger partial charge < -0.3 is 15.2 Å². The molecular formula is C19H20NO3-. The Morgan fingerprint density at radius 2 is 1.57 bits per heavy atom. The summed E-state index contributed by atoms with van der Waals surface area (Å²) in [5, 5.41) is 14.5. The third-order valence-electron chi connectivity index (χ3n) is 4.88. The molecule has 4 nitrogen and oxygen atoms in total. The van der Waals surface area contributed by atoms with Gasteiger partial charge in [-0.2, -0.15) is 0 Å². The number of nitrogens with one attached hydrogen (secondary N) is 1. The molecule has 1 fully saturated rings. The lowest BCUT2D eigenvalue weighted by atomic mass is 9.82. The minimum atomic E-state index is -1.15. The molecule has 1 N–H and O–H groups in total. The molecule has 4 heteroatoms. The molecule has 0 unspecified atom stereocenters. The first-order chi connectivity index (χ1) is 10.9. The standard InChI is InChI=1S/C19H21NO3/c1-10(2)15-13-8-9-14(15)17(19(22)23)16(13)18(21)20-12-6-4-11(3)5-7-12/h4-9,13-14,16-17H,1-3H3,(H,20,21)(H,22,23)/p-1/t13-,14-,16-,17+/m1/s1. The van der Waals surface area contributed by atoms with Gasteiger partial charge in [0.1, 0.15) is 0 Å². The van der Waals surface area contributed by atoms with Crippen molar-refractivity contribution in [3.63, 3.8) is 0 Å². The number of anilines is 1. The number of aryl methyl sites for hydroxylation is 1. The molecule has 2 aliphatic rings. The Morgan fingerprint density at radius 1 is 1.00 bits per heavy atom. The van der Waals surface area contributed by atoms with E-state index in [0.717, 1.165) is 16.7 Å². The predicted octanol–water partition coefficient (Wildman–Crippen LogP) is 2.07. The number of allylic oxidation sites excluding steroid dienone is 4. The highest BCUT2D eigenvalue weighted by atomic mass is 16.4. The van der Waals surface area contributed by atoms with Crippen LogP contribution in [-0.4, -0.2) is 11.9 Å². The van der Waals surface area contributed by atoms with Gasteiger partial charge in [0.05, 0.1) is 5.92 Å². The first-order valence-electron chi connectivity index (χ1n) is 7.84. The summed E-state index contributed by atoms with van der Waals surface area (Å²) >= 11 is 0. The van der Waals surface area contributed by atoms with Crippen molar-refractivity contribution in [2.24, 2.45) is 23.7 Å². The summed E-state index contributed by atoms with van der Waals surface area (Å²) in [5.74, 6) is -3.16. The molecule has 0 aromatic heterocycles. The lowest BCUT2D eigenvalue weighted by Crippen LogP contribution is -2.42. The quantitative estimate of drug-likeness (QED) is 0.869. The van der Waals surface area contributed by atoms with Crippen LogP contribution in [0.5, 0.6) is 0 Å². The molecule has 2 bridgehead atoms. The van der Waals surface area contributed by atoms with Gasteiger partial charge in [0.2, 0.25) is 5.91 Å². The van der Waals surface area contributed by atoms with Crippen LogP contribution in [0.3, 0.4) is 0 Å². The summed E-state index contributed by atoms with van der Waals surface area (Å²) < 4.78 is 0. The number of hydrogen-bond acceptors (Lipinski definition) is 3. The Morgan fingerprint density at radius 3 is 2.09 bits per heavy atom. The average molecular weight is 310 g/mol. The predicted molar refractivity (Wildman–Crippen MR) is 86.3 cm³/mol. The average Bonchev–Trinajstić information content (AvgIpc) is 3.05. The fourth-order valence-corrected chi connectivity index (χ4v) is 3.89. The lowest BCUT2D eigenvalue weighted by molar-refractivity contribution is -0.313. The Bertz CT molecular complexity index is 711. The van der Waals surface area contributed by atoms with E-state index in [1.807, 2.05) is 57.2 Å². The number of carboxylic acid groups (broad SMARTS) is 1. The van der Waals surface area contributed by atoms with Gasteiger partial charge in [-0.25, -0.2) is 0 Å². The highest BCUT2D eigenvalue weighted by Gasteiger charge is 2.52. The van der Waals surface area contributed by atoms with Crippen molar-refractivity contribution < 1.29 is 14.7 Å². The molecule has 2 aliphatic carbocycles. The normalized spacial score (nSPS) is 28.0. The van der Waals surface area contributed by atoms with Crippen LogP contribution in [-0.2, 0) is 9.59 Å². The molecule has 0 aliphatic heterocycles. The van der Waals surface area contributed by atoms with Gasteiger partial charge in [-0.1, -0.05) is 41.0 Å². The zero-order chi connectivity index (χ0) is 16.7. The van der Waals surface area contributed by atoms with E-state index in [4.69, 9.17) is 0 Å². The van der Waals surface area contributed by atoms with Gasteiger partial charge in [-0.05, 0) is 32.9 Å².